The molecule has 1 heterocycles. The van der Waals surface area contributed by atoms with Crippen LogP contribution in [0.25, 0.3) is 0 Å². The van der Waals surface area contributed by atoms with Gasteiger partial charge < -0.3 is 14.6 Å². The maximum Gasteiger partial charge on any atom is 0.333 e. The van der Waals surface area contributed by atoms with Crippen molar-refractivity contribution >= 4 is 11.9 Å². The number of carboxylic acid groups (broad SMARTS) is 1. The van der Waals surface area contributed by atoms with Gasteiger partial charge >= 0.3 is 11.9 Å². The summed E-state index contributed by atoms with van der Waals surface area (Å²) in [5.41, 5.74) is 0.504. The van der Waals surface area contributed by atoms with E-state index in [-0.39, 0.29) is 12.1 Å². The number of carboxylic acids is 1. The van der Waals surface area contributed by atoms with Crippen molar-refractivity contribution in [3.05, 3.63) is 24.8 Å². The molecule has 1 unspecified atom stereocenters. The Morgan fingerprint density at radius 3 is 2.53 bits per heavy atom. The van der Waals surface area contributed by atoms with Gasteiger partial charge in [-0.1, -0.05) is 13.2 Å². The number of hydrogen-bond donors (Lipinski definition) is 1. The average molecular weight is 242 g/mol. The van der Waals surface area contributed by atoms with E-state index in [4.69, 9.17) is 9.84 Å². The molecule has 0 saturated carbocycles. The molecule has 5 heteroatoms. The predicted molar refractivity (Wildman–Crippen MR) is 62.6 cm³/mol. The molecule has 0 radical (unpaired) electrons. The molecule has 0 spiro atoms. The molecular formula is C12H18O5. The second kappa shape index (κ2) is 8.52. The summed E-state index contributed by atoms with van der Waals surface area (Å²) in [7, 11) is 1.36. The van der Waals surface area contributed by atoms with Crippen molar-refractivity contribution in [2.75, 3.05) is 13.7 Å². The molecular weight excluding hydrogens is 224 g/mol. The normalized spacial score (nSPS) is 17.6. The Morgan fingerprint density at radius 2 is 2.18 bits per heavy atom. The molecule has 1 aliphatic rings. The van der Waals surface area contributed by atoms with E-state index < -0.39 is 5.97 Å². The molecule has 0 aromatic heterocycles. The molecule has 0 aromatic rings. The topological polar surface area (TPSA) is 72.8 Å². The van der Waals surface area contributed by atoms with Crippen molar-refractivity contribution < 1.29 is 24.2 Å². The van der Waals surface area contributed by atoms with E-state index in [1.54, 1.807) is 0 Å². The first-order valence-corrected chi connectivity index (χ1v) is 5.24. The Balaban J connectivity index is 0.000000437. The predicted octanol–water partition coefficient (Wildman–Crippen LogP) is 1.54. The first-order valence-electron chi connectivity index (χ1n) is 5.24. The summed E-state index contributed by atoms with van der Waals surface area (Å²) >= 11 is 0. The molecule has 1 saturated heterocycles. The highest BCUT2D eigenvalue weighted by Gasteiger charge is 2.19. The maximum atomic E-state index is 10.9. The van der Waals surface area contributed by atoms with Crippen LogP contribution in [0.15, 0.2) is 24.8 Å². The van der Waals surface area contributed by atoms with Gasteiger partial charge in [0.15, 0.2) is 0 Å². The highest BCUT2D eigenvalue weighted by molar-refractivity contribution is 5.87. The Hall–Kier alpha value is -1.62. The van der Waals surface area contributed by atoms with Crippen LogP contribution < -0.4 is 0 Å². The van der Waals surface area contributed by atoms with Crippen LogP contribution in [0.3, 0.4) is 0 Å². The van der Waals surface area contributed by atoms with Crippen LogP contribution in [0, 0.1) is 0 Å². The van der Waals surface area contributed by atoms with Crippen molar-refractivity contribution in [3.63, 3.8) is 0 Å². The molecule has 1 aliphatic heterocycles. The molecule has 1 N–H and O–H groups in total. The highest BCUT2D eigenvalue weighted by Crippen LogP contribution is 2.18. The molecule has 0 aromatic carbocycles. The van der Waals surface area contributed by atoms with E-state index >= 15 is 0 Å². The summed E-state index contributed by atoms with van der Waals surface area (Å²) in [4.78, 5) is 20.2. The van der Waals surface area contributed by atoms with Gasteiger partial charge in [0.2, 0.25) is 0 Å². The fourth-order valence-electron chi connectivity index (χ4n) is 1.31. The summed E-state index contributed by atoms with van der Waals surface area (Å²) in [5.74, 6) is -1.31. The van der Waals surface area contributed by atoms with Crippen molar-refractivity contribution in [1.82, 2.24) is 0 Å². The fraction of sp³-hybridized carbons (Fsp3) is 0.500. The van der Waals surface area contributed by atoms with Crippen LogP contribution in [0.5, 0.6) is 0 Å². The van der Waals surface area contributed by atoms with Crippen LogP contribution in [0.2, 0.25) is 0 Å². The van der Waals surface area contributed by atoms with Gasteiger partial charge in [0.05, 0.1) is 13.2 Å². The minimum absolute atomic E-state index is 0.177. The fourth-order valence-corrected chi connectivity index (χ4v) is 1.31. The Bertz CT molecular complexity index is 289. The molecule has 5 nitrogen and oxygen atoms in total. The molecule has 17 heavy (non-hydrogen) atoms. The quantitative estimate of drug-likeness (QED) is 0.598. The Morgan fingerprint density at radius 1 is 1.59 bits per heavy atom. The number of aliphatic carboxylic acids is 1. The molecule has 0 bridgehead atoms. The SMILES string of the molecule is C=C(CC1CCCO1)C(=O)OC.C=CC(=O)O. The van der Waals surface area contributed by atoms with Gasteiger partial charge in [0.25, 0.3) is 0 Å². The number of hydrogen-bond acceptors (Lipinski definition) is 4. The van der Waals surface area contributed by atoms with E-state index in [9.17, 15) is 9.59 Å². The number of carbonyl (C=O) groups excluding carboxylic acids is 1. The second-order valence-corrected chi connectivity index (χ2v) is 3.48. The zero-order valence-electron chi connectivity index (χ0n) is 9.98. The number of carbonyl (C=O) groups is 2. The maximum absolute atomic E-state index is 10.9. The van der Waals surface area contributed by atoms with Gasteiger partial charge in [-0.15, -0.1) is 0 Å². The lowest BCUT2D eigenvalue weighted by Crippen LogP contribution is -2.12. The van der Waals surface area contributed by atoms with Crippen LogP contribution in [0.1, 0.15) is 19.3 Å². The minimum Gasteiger partial charge on any atom is -0.478 e. The van der Waals surface area contributed by atoms with Crippen molar-refractivity contribution in [2.24, 2.45) is 0 Å². The third-order valence-electron chi connectivity index (χ3n) is 2.15. The van der Waals surface area contributed by atoms with Gasteiger partial charge in [-0.05, 0) is 12.8 Å². The van der Waals surface area contributed by atoms with Crippen LogP contribution in [0.4, 0.5) is 0 Å². The zero-order chi connectivity index (χ0) is 13.3. The van der Waals surface area contributed by atoms with Gasteiger partial charge in [-0.25, -0.2) is 9.59 Å². The minimum atomic E-state index is -0.981. The van der Waals surface area contributed by atoms with Gasteiger partial charge in [0.1, 0.15) is 0 Å². The zero-order valence-corrected chi connectivity index (χ0v) is 9.98. The first kappa shape index (κ1) is 15.4. The van der Waals surface area contributed by atoms with Gasteiger partial charge in [-0.2, -0.15) is 0 Å². The van der Waals surface area contributed by atoms with E-state index in [1.807, 2.05) is 0 Å². The summed E-state index contributed by atoms with van der Waals surface area (Å²) in [6, 6.07) is 0. The van der Waals surface area contributed by atoms with Crippen molar-refractivity contribution in [1.29, 1.82) is 0 Å². The van der Waals surface area contributed by atoms with Crippen molar-refractivity contribution in [3.8, 4) is 0 Å². The molecule has 1 rings (SSSR count). The molecule has 0 aliphatic carbocycles. The largest absolute Gasteiger partial charge is 0.478 e. The van der Waals surface area contributed by atoms with Gasteiger partial charge in [0, 0.05) is 24.7 Å². The van der Waals surface area contributed by atoms with E-state index in [0.717, 1.165) is 25.5 Å². The molecule has 1 fully saturated rings. The van der Waals surface area contributed by atoms with Crippen LogP contribution in [-0.4, -0.2) is 36.9 Å². The summed E-state index contributed by atoms with van der Waals surface area (Å²) in [6.07, 6.45) is 3.72. The highest BCUT2D eigenvalue weighted by atomic mass is 16.5. The standard InChI is InChI=1S/C9H14O3.C3H4O2/c1-7(9(10)11-2)6-8-4-3-5-12-8;1-2-3(4)5/h8H,1,3-6H2,2H3;2H,1H2,(H,4,5). The van der Waals surface area contributed by atoms with Crippen LogP contribution >= 0.6 is 0 Å². The molecule has 0 amide bonds. The number of methoxy groups -OCH3 is 1. The lowest BCUT2D eigenvalue weighted by atomic mass is 10.1. The monoisotopic (exact) mass is 242 g/mol. The second-order valence-electron chi connectivity index (χ2n) is 3.48. The summed E-state index contributed by atoms with van der Waals surface area (Å²) < 4.78 is 9.88. The lowest BCUT2D eigenvalue weighted by Gasteiger charge is -2.09. The first-order chi connectivity index (χ1) is 8.01. The van der Waals surface area contributed by atoms with Crippen LogP contribution in [-0.2, 0) is 19.1 Å². The Labute approximate surface area is 101 Å². The molecule has 96 valence electrons. The third-order valence-corrected chi connectivity index (χ3v) is 2.15. The Kier molecular flexibility index (Phi) is 7.71. The molecule has 1 atom stereocenters. The number of rotatable bonds is 4. The number of esters is 1. The third kappa shape index (κ3) is 7.30. The lowest BCUT2D eigenvalue weighted by molar-refractivity contribution is -0.136. The van der Waals surface area contributed by atoms with Crippen molar-refractivity contribution in [2.45, 2.75) is 25.4 Å². The summed E-state index contributed by atoms with van der Waals surface area (Å²) in [6.45, 7) is 7.40. The summed E-state index contributed by atoms with van der Waals surface area (Å²) in [5, 5.41) is 7.60. The average Bonchev–Trinajstić information content (AvgIpc) is 2.81. The van der Waals surface area contributed by atoms with Gasteiger partial charge in [-0.3, -0.25) is 0 Å². The van der Waals surface area contributed by atoms with E-state index in [2.05, 4.69) is 17.9 Å². The number of ether oxygens (including phenoxy) is 2. The van der Waals surface area contributed by atoms with E-state index in [1.165, 1.54) is 7.11 Å². The smallest absolute Gasteiger partial charge is 0.333 e. The van der Waals surface area contributed by atoms with E-state index in [0.29, 0.717) is 12.0 Å².